The SMILES string of the molecule is OCC(Nc1ncc(C(F)(F)F)cc1Cl)c1ccc(Cl)cc1. The highest BCUT2D eigenvalue weighted by Gasteiger charge is 2.31. The van der Waals surface area contributed by atoms with E-state index in [9.17, 15) is 18.3 Å². The number of alkyl halides is 3. The highest BCUT2D eigenvalue weighted by Crippen LogP contribution is 2.33. The zero-order valence-corrected chi connectivity index (χ0v) is 12.5. The van der Waals surface area contributed by atoms with Crippen molar-refractivity contribution in [3.63, 3.8) is 0 Å². The average Bonchev–Trinajstić information content (AvgIpc) is 2.46. The standard InChI is InChI=1S/C14H11Cl2F3N2O/c15-10-3-1-8(2-4-10)12(7-22)21-13-11(16)5-9(6-20-13)14(17,18)19/h1-6,12,22H,7H2,(H,20,21). The van der Waals surface area contributed by atoms with Gasteiger partial charge in [-0.15, -0.1) is 0 Å². The van der Waals surface area contributed by atoms with Gasteiger partial charge < -0.3 is 10.4 Å². The highest BCUT2D eigenvalue weighted by atomic mass is 35.5. The first kappa shape index (κ1) is 16.9. The Hall–Kier alpha value is -1.50. The summed E-state index contributed by atoms with van der Waals surface area (Å²) in [5, 5.41) is 12.6. The normalized spacial score (nSPS) is 13.0. The van der Waals surface area contributed by atoms with Gasteiger partial charge in [-0.3, -0.25) is 0 Å². The number of hydrogen-bond acceptors (Lipinski definition) is 3. The van der Waals surface area contributed by atoms with E-state index in [2.05, 4.69) is 10.3 Å². The Morgan fingerprint density at radius 3 is 2.32 bits per heavy atom. The Labute approximate surface area is 134 Å². The molecule has 3 nitrogen and oxygen atoms in total. The molecule has 0 radical (unpaired) electrons. The number of pyridine rings is 1. The van der Waals surface area contributed by atoms with Crippen LogP contribution in [0.5, 0.6) is 0 Å². The molecule has 2 rings (SSSR count). The molecule has 1 unspecified atom stereocenters. The van der Waals surface area contributed by atoms with Crippen LogP contribution in [-0.4, -0.2) is 16.7 Å². The van der Waals surface area contributed by atoms with Crippen molar-refractivity contribution in [2.45, 2.75) is 12.2 Å². The predicted octanol–water partition coefficient (Wildman–Crippen LogP) is 4.55. The van der Waals surface area contributed by atoms with E-state index in [0.29, 0.717) is 16.8 Å². The van der Waals surface area contributed by atoms with Gasteiger partial charge in [0.15, 0.2) is 0 Å². The first-order valence-corrected chi connectivity index (χ1v) is 6.92. The van der Waals surface area contributed by atoms with Gasteiger partial charge in [0, 0.05) is 11.2 Å². The van der Waals surface area contributed by atoms with Crippen molar-refractivity contribution < 1.29 is 18.3 Å². The van der Waals surface area contributed by atoms with Crippen molar-refractivity contribution in [2.75, 3.05) is 11.9 Å². The molecule has 2 aromatic rings. The third kappa shape index (κ3) is 4.03. The number of benzene rings is 1. The molecule has 0 aliphatic rings. The number of halogens is 5. The molecule has 0 aliphatic heterocycles. The first-order chi connectivity index (χ1) is 10.3. The van der Waals surface area contributed by atoms with Crippen LogP contribution in [0.1, 0.15) is 17.2 Å². The number of rotatable bonds is 4. The lowest BCUT2D eigenvalue weighted by molar-refractivity contribution is -0.137. The maximum absolute atomic E-state index is 12.6. The van der Waals surface area contributed by atoms with E-state index in [-0.39, 0.29) is 17.4 Å². The number of nitrogens with one attached hydrogen (secondary N) is 1. The highest BCUT2D eigenvalue weighted by molar-refractivity contribution is 6.33. The van der Waals surface area contributed by atoms with E-state index in [1.807, 2.05) is 0 Å². The largest absolute Gasteiger partial charge is 0.417 e. The second-order valence-corrected chi connectivity index (χ2v) is 5.33. The van der Waals surface area contributed by atoms with Crippen LogP contribution in [0.15, 0.2) is 36.5 Å². The van der Waals surface area contributed by atoms with Crippen LogP contribution in [0.25, 0.3) is 0 Å². The Balaban J connectivity index is 2.23. The topological polar surface area (TPSA) is 45.1 Å². The fourth-order valence-corrected chi connectivity index (χ4v) is 2.14. The van der Waals surface area contributed by atoms with Gasteiger partial charge in [-0.25, -0.2) is 4.98 Å². The maximum atomic E-state index is 12.6. The molecule has 1 heterocycles. The third-order valence-electron chi connectivity index (χ3n) is 2.93. The number of nitrogens with zero attached hydrogens (tertiary/aromatic N) is 1. The summed E-state index contributed by atoms with van der Waals surface area (Å²) in [6.45, 7) is -0.291. The average molecular weight is 351 g/mol. The predicted molar refractivity (Wildman–Crippen MR) is 79.2 cm³/mol. The van der Waals surface area contributed by atoms with Gasteiger partial charge in [-0.1, -0.05) is 35.3 Å². The first-order valence-electron chi connectivity index (χ1n) is 6.17. The van der Waals surface area contributed by atoms with Gasteiger partial charge in [-0.05, 0) is 23.8 Å². The van der Waals surface area contributed by atoms with E-state index in [1.54, 1.807) is 24.3 Å². The minimum Gasteiger partial charge on any atom is -0.394 e. The molecule has 1 atom stereocenters. The fourth-order valence-electron chi connectivity index (χ4n) is 1.79. The van der Waals surface area contributed by atoms with Crippen LogP contribution >= 0.6 is 23.2 Å². The van der Waals surface area contributed by atoms with Crippen molar-refractivity contribution >= 4 is 29.0 Å². The molecular formula is C14H11Cl2F3N2O. The molecule has 0 bridgehead atoms. The summed E-state index contributed by atoms with van der Waals surface area (Å²) in [6, 6.07) is 6.88. The van der Waals surface area contributed by atoms with Gasteiger partial charge in [0.1, 0.15) is 5.82 Å². The second-order valence-electron chi connectivity index (χ2n) is 4.48. The van der Waals surface area contributed by atoms with Crippen molar-refractivity contribution in [3.05, 3.63) is 57.7 Å². The molecule has 118 valence electrons. The number of aliphatic hydroxyl groups is 1. The van der Waals surface area contributed by atoms with Crippen LogP contribution in [-0.2, 0) is 6.18 Å². The summed E-state index contributed by atoms with van der Waals surface area (Å²) >= 11 is 11.6. The van der Waals surface area contributed by atoms with E-state index in [1.165, 1.54) is 0 Å². The number of aliphatic hydroxyl groups excluding tert-OH is 1. The summed E-state index contributed by atoms with van der Waals surface area (Å²) < 4.78 is 37.7. The summed E-state index contributed by atoms with van der Waals surface area (Å²) in [5.74, 6) is 0.0590. The zero-order valence-electron chi connectivity index (χ0n) is 11.0. The zero-order chi connectivity index (χ0) is 16.3. The van der Waals surface area contributed by atoms with Crippen LogP contribution < -0.4 is 5.32 Å². The summed E-state index contributed by atoms with van der Waals surface area (Å²) in [7, 11) is 0. The van der Waals surface area contributed by atoms with Crippen molar-refractivity contribution in [2.24, 2.45) is 0 Å². The quantitative estimate of drug-likeness (QED) is 0.849. The van der Waals surface area contributed by atoms with Crippen molar-refractivity contribution in [1.82, 2.24) is 4.98 Å². The van der Waals surface area contributed by atoms with Crippen LogP contribution in [0.2, 0.25) is 10.0 Å². The van der Waals surface area contributed by atoms with Gasteiger partial charge in [-0.2, -0.15) is 13.2 Å². The van der Waals surface area contributed by atoms with E-state index in [4.69, 9.17) is 23.2 Å². The fraction of sp³-hybridized carbons (Fsp3) is 0.214. The number of aromatic nitrogens is 1. The van der Waals surface area contributed by atoms with Gasteiger partial charge in [0.05, 0.1) is 23.2 Å². The smallest absolute Gasteiger partial charge is 0.394 e. The lowest BCUT2D eigenvalue weighted by Crippen LogP contribution is -2.16. The molecule has 0 fully saturated rings. The second kappa shape index (κ2) is 6.73. The molecule has 2 N–H and O–H groups in total. The Kier molecular flexibility index (Phi) is 5.16. The van der Waals surface area contributed by atoms with Crippen molar-refractivity contribution in [3.8, 4) is 0 Å². The number of anilines is 1. The minimum atomic E-state index is -4.51. The van der Waals surface area contributed by atoms with E-state index in [0.717, 1.165) is 6.07 Å². The van der Waals surface area contributed by atoms with Crippen LogP contribution in [0, 0.1) is 0 Å². The summed E-state index contributed by atoms with van der Waals surface area (Å²) in [6.07, 6.45) is -3.83. The molecule has 0 saturated heterocycles. The van der Waals surface area contributed by atoms with E-state index < -0.39 is 17.8 Å². The Bertz CT molecular complexity index is 648. The minimum absolute atomic E-state index is 0.0590. The lowest BCUT2D eigenvalue weighted by atomic mass is 10.1. The van der Waals surface area contributed by atoms with E-state index >= 15 is 0 Å². The van der Waals surface area contributed by atoms with Gasteiger partial charge in [0.2, 0.25) is 0 Å². The van der Waals surface area contributed by atoms with Gasteiger partial charge >= 0.3 is 6.18 Å². The lowest BCUT2D eigenvalue weighted by Gasteiger charge is -2.19. The Morgan fingerprint density at radius 1 is 1.18 bits per heavy atom. The molecule has 22 heavy (non-hydrogen) atoms. The molecule has 1 aromatic carbocycles. The molecule has 0 spiro atoms. The summed E-state index contributed by atoms with van der Waals surface area (Å²) in [4.78, 5) is 3.68. The Morgan fingerprint density at radius 2 is 1.82 bits per heavy atom. The number of hydrogen-bond donors (Lipinski definition) is 2. The molecule has 0 amide bonds. The molecular weight excluding hydrogens is 340 g/mol. The molecule has 0 aliphatic carbocycles. The van der Waals surface area contributed by atoms with Gasteiger partial charge in [0.25, 0.3) is 0 Å². The molecule has 8 heteroatoms. The third-order valence-corrected chi connectivity index (χ3v) is 3.47. The monoisotopic (exact) mass is 350 g/mol. The van der Waals surface area contributed by atoms with Crippen LogP contribution in [0.3, 0.4) is 0 Å². The molecule has 1 aromatic heterocycles. The summed E-state index contributed by atoms with van der Waals surface area (Å²) in [5.41, 5.74) is -0.236. The van der Waals surface area contributed by atoms with Crippen LogP contribution in [0.4, 0.5) is 19.0 Å². The molecule has 0 saturated carbocycles. The van der Waals surface area contributed by atoms with Crippen molar-refractivity contribution in [1.29, 1.82) is 0 Å². The maximum Gasteiger partial charge on any atom is 0.417 e.